The molecule has 6 heteroatoms. The quantitative estimate of drug-likeness (QED) is 0.644. The number of nitrogens with one attached hydrogen (secondary N) is 2. The molecule has 1 aromatic heterocycles. The van der Waals surface area contributed by atoms with Crippen LogP contribution in [0.15, 0.2) is 79.1 Å². The van der Waals surface area contributed by atoms with Crippen molar-refractivity contribution in [1.82, 2.24) is 10.3 Å². The summed E-state index contributed by atoms with van der Waals surface area (Å²) in [7, 11) is 0. The van der Waals surface area contributed by atoms with E-state index < -0.39 is 0 Å². The predicted molar refractivity (Wildman–Crippen MR) is 106 cm³/mol. The molecule has 0 saturated heterocycles. The molecule has 2 amide bonds. The number of hydrogen-bond donors (Lipinski definition) is 2. The molecular formula is C22H18FN3O2. The molecule has 0 spiro atoms. The number of hydrogen-bond acceptors (Lipinski definition) is 3. The first-order valence-corrected chi connectivity index (χ1v) is 8.62. The molecule has 28 heavy (non-hydrogen) atoms. The van der Waals surface area contributed by atoms with Crippen LogP contribution in [0, 0.1) is 5.82 Å². The number of pyridine rings is 1. The zero-order valence-corrected chi connectivity index (χ0v) is 14.9. The van der Waals surface area contributed by atoms with Crippen molar-refractivity contribution in [2.45, 2.75) is 6.54 Å². The van der Waals surface area contributed by atoms with Crippen LogP contribution in [0.3, 0.4) is 0 Å². The Morgan fingerprint density at radius 2 is 1.75 bits per heavy atom. The average Bonchev–Trinajstić information content (AvgIpc) is 2.73. The third-order valence-corrected chi connectivity index (χ3v) is 3.90. The summed E-state index contributed by atoms with van der Waals surface area (Å²) >= 11 is 0. The van der Waals surface area contributed by atoms with Crippen molar-refractivity contribution in [2.24, 2.45) is 0 Å². The molecule has 1 heterocycles. The summed E-state index contributed by atoms with van der Waals surface area (Å²) < 4.78 is 12.9. The standard InChI is InChI=1S/C22H18FN3O2/c23-19-8-10-20(11-9-19)26-22(28)18-6-3-17(4-7-18)15-25-21(27)12-5-16-2-1-13-24-14-16/h1-14H,15H2,(H,25,27)(H,26,28)/b12-5+. The van der Waals surface area contributed by atoms with Crippen molar-refractivity contribution in [2.75, 3.05) is 5.32 Å². The van der Waals surface area contributed by atoms with Crippen LogP contribution in [-0.4, -0.2) is 16.8 Å². The zero-order chi connectivity index (χ0) is 19.8. The minimum Gasteiger partial charge on any atom is -0.348 e. The highest BCUT2D eigenvalue weighted by Crippen LogP contribution is 2.11. The summed E-state index contributed by atoms with van der Waals surface area (Å²) in [5.41, 5.74) is 2.69. The van der Waals surface area contributed by atoms with Crippen molar-refractivity contribution in [3.05, 3.63) is 102 Å². The van der Waals surface area contributed by atoms with Gasteiger partial charge in [0.2, 0.25) is 5.91 Å². The lowest BCUT2D eigenvalue weighted by molar-refractivity contribution is -0.116. The summed E-state index contributed by atoms with van der Waals surface area (Å²) in [5, 5.41) is 5.48. The molecule has 5 nitrogen and oxygen atoms in total. The largest absolute Gasteiger partial charge is 0.348 e. The second-order valence-corrected chi connectivity index (χ2v) is 6.00. The SMILES string of the molecule is O=C(/C=C/c1cccnc1)NCc1ccc(C(=O)Nc2ccc(F)cc2)cc1. The Bertz CT molecular complexity index is 969. The number of carbonyl (C=O) groups is 2. The van der Waals surface area contributed by atoms with Crippen molar-refractivity contribution in [3.8, 4) is 0 Å². The lowest BCUT2D eigenvalue weighted by Gasteiger charge is -2.07. The Kier molecular flexibility index (Phi) is 6.25. The maximum atomic E-state index is 12.9. The van der Waals surface area contributed by atoms with Gasteiger partial charge in [-0.15, -0.1) is 0 Å². The second-order valence-electron chi connectivity index (χ2n) is 6.00. The molecule has 0 fully saturated rings. The molecule has 0 atom stereocenters. The van der Waals surface area contributed by atoms with Gasteiger partial charge in [0.05, 0.1) is 0 Å². The number of benzene rings is 2. The summed E-state index contributed by atoms with van der Waals surface area (Å²) in [4.78, 5) is 28.1. The fraction of sp³-hybridized carbons (Fsp3) is 0.0455. The fourth-order valence-corrected chi connectivity index (χ4v) is 2.41. The molecule has 2 aromatic carbocycles. The molecule has 0 unspecified atom stereocenters. The van der Waals surface area contributed by atoms with Gasteiger partial charge in [-0.25, -0.2) is 4.39 Å². The van der Waals surface area contributed by atoms with Crippen LogP contribution in [-0.2, 0) is 11.3 Å². The molecule has 2 N–H and O–H groups in total. The van der Waals surface area contributed by atoms with Crippen molar-refractivity contribution in [1.29, 1.82) is 0 Å². The smallest absolute Gasteiger partial charge is 0.255 e. The molecule has 3 rings (SSSR count). The highest BCUT2D eigenvalue weighted by Gasteiger charge is 2.06. The van der Waals surface area contributed by atoms with Crippen LogP contribution in [0.5, 0.6) is 0 Å². The van der Waals surface area contributed by atoms with Gasteiger partial charge in [0, 0.05) is 36.3 Å². The fourth-order valence-electron chi connectivity index (χ4n) is 2.41. The number of amides is 2. The van der Waals surface area contributed by atoms with Gasteiger partial charge < -0.3 is 10.6 Å². The molecule has 140 valence electrons. The molecule has 0 aliphatic rings. The van der Waals surface area contributed by atoms with E-state index in [0.29, 0.717) is 17.8 Å². The summed E-state index contributed by atoms with van der Waals surface area (Å²) in [5.74, 6) is -0.872. The molecule has 0 saturated carbocycles. The first kappa shape index (κ1) is 19.0. The van der Waals surface area contributed by atoms with E-state index in [1.165, 1.54) is 30.3 Å². The van der Waals surface area contributed by atoms with E-state index in [9.17, 15) is 14.0 Å². The minimum atomic E-state index is -0.361. The van der Waals surface area contributed by atoms with Crippen LogP contribution in [0.2, 0.25) is 0 Å². The number of nitrogens with zero attached hydrogens (tertiary/aromatic N) is 1. The van der Waals surface area contributed by atoms with Crippen LogP contribution in [0.25, 0.3) is 6.08 Å². The third-order valence-electron chi connectivity index (χ3n) is 3.90. The third kappa shape index (κ3) is 5.60. The Hall–Kier alpha value is -3.80. The maximum Gasteiger partial charge on any atom is 0.255 e. The minimum absolute atomic E-state index is 0.220. The summed E-state index contributed by atoms with van der Waals surface area (Å²) in [6, 6.07) is 16.1. The molecule has 3 aromatic rings. The van der Waals surface area contributed by atoms with Crippen LogP contribution < -0.4 is 10.6 Å². The van der Waals surface area contributed by atoms with Crippen molar-refractivity contribution < 1.29 is 14.0 Å². The first-order chi connectivity index (χ1) is 13.6. The van der Waals surface area contributed by atoms with Crippen molar-refractivity contribution >= 4 is 23.6 Å². The van der Waals surface area contributed by atoms with Gasteiger partial charge >= 0.3 is 0 Å². The van der Waals surface area contributed by atoms with Crippen LogP contribution >= 0.6 is 0 Å². The predicted octanol–water partition coefficient (Wildman–Crippen LogP) is 3.80. The summed E-state index contributed by atoms with van der Waals surface area (Å²) in [6.07, 6.45) is 6.47. The van der Waals surface area contributed by atoms with E-state index in [1.807, 2.05) is 6.07 Å². The molecule has 0 bridgehead atoms. The number of anilines is 1. The van der Waals surface area contributed by atoms with Gasteiger partial charge in [0.1, 0.15) is 5.82 Å². The highest BCUT2D eigenvalue weighted by molar-refractivity contribution is 6.04. The van der Waals surface area contributed by atoms with E-state index in [-0.39, 0.29) is 17.6 Å². The number of aromatic nitrogens is 1. The van der Waals surface area contributed by atoms with E-state index >= 15 is 0 Å². The molecule has 0 aliphatic heterocycles. The summed E-state index contributed by atoms with van der Waals surface area (Å²) in [6.45, 7) is 0.343. The van der Waals surface area contributed by atoms with Gasteiger partial charge in [0.15, 0.2) is 0 Å². The number of carbonyl (C=O) groups excluding carboxylic acids is 2. The monoisotopic (exact) mass is 375 g/mol. The zero-order valence-electron chi connectivity index (χ0n) is 14.9. The molecule has 0 radical (unpaired) electrons. The molecular weight excluding hydrogens is 357 g/mol. The van der Waals surface area contributed by atoms with E-state index in [1.54, 1.807) is 48.8 Å². The lowest BCUT2D eigenvalue weighted by Crippen LogP contribution is -2.20. The van der Waals surface area contributed by atoms with Crippen LogP contribution in [0.1, 0.15) is 21.5 Å². The lowest BCUT2D eigenvalue weighted by atomic mass is 10.1. The van der Waals surface area contributed by atoms with E-state index in [0.717, 1.165) is 11.1 Å². The topological polar surface area (TPSA) is 71.1 Å². The first-order valence-electron chi connectivity index (χ1n) is 8.62. The van der Waals surface area contributed by atoms with Gasteiger partial charge in [-0.1, -0.05) is 18.2 Å². The van der Waals surface area contributed by atoms with Crippen molar-refractivity contribution in [3.63, 3.8) is 0 Å². The maximum absolute atomic E-state index is 12.9. The number of rotatable bonds is 6. The van der Waals surface area contributed by atoms with E-state index in [4.69, 9.17) is 0 Å². The molecule has 0 aliphatic carbocycles. The van der Waals surface area contributed by atoms with Gasteiger partial charge in [-0.2, -0.15) is 0 Å². The van der Waals surface area contributed by atoms with E-state index in [2.05, 4.69) is 15.6 Å². The highest BCUT2D eigenvalue weighted by atomic mass is 19.1. The Balaban J connectivity index is 1.51. The van der Waals surface area contributed by atoms with Gasteiger partial charge in [0.25, 0.3) is 5.91 Å². The van der Waals surface area contributed by atoms with Gasteiger partial charge in [-0.05, 0) is 59.7 Å². The van der Waals surface area contributed by atoms with Crippen LogP contribution in [0.4, 0.5) is 10.1 Å². The normalized spacial score (nSPS) is 10.6. The average molecular weight is 375 g/mol. The van der Waals surface area contributed by atoms with Gasteiger partial charge in [-0.3, -0.25) is 14.6 Å². The Labute approximate surface area is 161 Å². The number of halogens is 1. The Morgan fingerprint density at radius 3 is 2.43 bits per heavy atom. The Morgan fingerprint density at radius 1 is 1.00 bits per heavy atom. The second kappa shape index (κ2) is 9.23.